The van der Waals surface area contributed by atoms with E-state index in [2.05, 4.69) is 21.2 Å². The maximum atomic E-state index is 12.5. The van der Waals surface area contributed by atoms with Crippen molar-refractivity contribution in [1.82, 2.24) is 15.1 Å². The van der Waals surface area contributed by atoms with Crippen molar-refractivity contribution in [2.45, 2.75) is 13.8 Å². The second-order valence-corrected chi connectivity index (χ2v) is 7.18. The monoisotopic (exact) mass is 392 g/mol. The van der Waals surface area contributed by atoms with Crippen molar-refractivity contribution in [1.29, 1.82) is 0 Å². The van der Waals surface area contributed by atoms with Gasteiger partial charge in [-0.15, -0.1) is 10.2 Å². The van der Waals surface area contributed by atoms with E-state index in [1.54, 1.807) is 6.26 Å². The number of carbonyl (C=O) groups is 1. The minimum Gasteiger partial charge on any atom is -0.484 e. The molecule has 0 unspecified atom stereocenters. The lowest BCUT2D eigenvalue weighted by Gasteiger charge is -2.35. The second-order valence-electron chi connectivity index (χ2n) is 7.18. The molecule has 7 heteroatoms. The van der Waals surface area contributed by atoms with Crippen LogP contribution in [-0.4, -0.2) is 53.8 Å². The van der Waals surface area contributed by atoms with Gasteiger partial charge in [0.1, 0.15) is 11.4 Å². The number of benzene rings is 1. The fourth-order valence-corrected chi connectivity index (χ4v) is 3.43. The van der Waals surface area contributed by atoms with Crippen LogP contribution in [0.4, 0.5) is 5.82 Å². The molecule has 0 N–H and O–H groups in total. The average Bonchev–Trinajstić information content (AvgIpc) is 3.28. The zero-order valence-corrected chi connectivity index (χ0v) is 16.7. The Morgan fingerprint density at radius 2 is 1.90 bits per heavy atom. The standard InChI is InChI=1S/C22H24N4O3/c1-16-5-7-19(17(2)14-16)29-15-22(27)26-11-9-25(10-12-26)21-8-6-18(23-24-21)20-4-3-13-28-20/h3-8,13-14H,9-12,15H2,1-2H3. The van der Waals surface area contributed by atoms with E-state index in [0.29, 0.717) is 37.6 Å². The van der Waals surface area contributed by atoms with Crippen LogP contribution >= 0.6 is 0 Å². The van der Waals surface area contributed by atoms with Crippen LogP contribution in [0.2, 0.25) is 0 Å². The number of ether oxygens (including phenoxy) is 1. The van der Waals surface area contributed by atoms with Gasteiger partial charge in [0, 0.05) is 26.2 Å². The number of rotatable bonds is 5. The molecule has 1 amide bonds. The van der Waals surface area contributed by atoms with E-state index >= 15 is 0 Å². The fraction of sp³-hybridized carbons (Fsp3) is 0.318. The largest absolute Gasteiger partial charge is 0.484 e. The number of furan rings is 1. The Labute approximate surface area is 169 Å². The number of piperazine rings is 1. The first-order chi connectivity index (χ1) is 14.1. The summed E-state index contributed by atoms with van der Waals surface area (Å²) in [6, 6.07) is 13.5. The predicted molar refractivity (Wildman–Crippen MR) is 110 cm³/mol. The SMILES string of the molecule is Cc1ccc(OCC(=O)N2CCN(c3ccc(-c4ccco4)nn3)CC2)c(C)c1. The Morgan fingerprint density at radius 3 is 2.55 bits per heavy atom. The molecule has 150 valence electrons. The summed E-state index contributed by atoms with van der Waals surface area (Å²) in [5, 5.41) is 8.55. The van der Waals surface area contributed by atoms with Crippen LogP contribution in [0.5, 0.6) is 5.75 Å². The minimum atomic E-state index is 0.00359. The molecule has 1 aromatic carbocycles. The lowest BCUT2D eigenvalue weighted by Crippen LogP contribution is -2.50. The van der Waals surface area contributed by atoms with Crippen LogP contribution < -0.4 is 9.64 Å². The Morgan fingerprint density at radius 1 is 1.07 bits per heavy atom. The highest BCUT2D eigenvalue weighted by atomic mass is 16.5. The number of aryl methyl sites for hydroxylation is 2. The van der Waals surface area contributed by atoms with Gasteiger partial charge in [0.15, 0.2) is 18.2 Å². The molecule has 3 heterocycles. The highest BCUT2D eigenvalue weighted by Gasteiger charge is 2.22. The van der Waals surface area contributed by atoms with E-state index in [0.717, 1.165) is 17.1 Å². The summed E-state index contributed by atoms with van der Waals surface area (Å²) in [6.07, 6.45) is 1.62. The molecular formula is C22H24N4O3. The summed E-state index contributed by atoms with van der Waals surface area (Å²) in [5.74, 6) is 2.26. The number of anilines is 1. The van der Waals surface area contributed by atoms with Crippen molar-refractivity contribution < 1.29 is 13.9 Å². The van der Waals surface area contributed by atoms with E-state index in [9.17, 15) is 4.79 Å². The molecular weight excluding hydrogens is 368 g/mol. The average molecular weight is 392 g/mol. The predicted octanol–water partition coefficient (Wildman–Crippen LogP) is 3.08. The van der Waals surface area contributed by atoms with Crippen molar-refractivity contribution >= 4 is 11.7 Å². The van der Waals surface area contributed by atoms with Gasteiger partial charge in [0.2, 0.25) is 0 Å². The van der Waals surface area contributed by atoms with Crippen molar-refractivity contribution in [2.24, 2.45) is 0 Å². The zero-order chi connectivity index (χ0) is 20.2. The summed E-state index contributed by atoms with van der Waals surface area (Å²) in [4.78, 5) is 16.5. The van der Waals surface area contributed by atoms with Gasteiger partial charge < -0.3 is 19.0 Å². The van der Waals surface area contributed by atoms with Gasteiger partial charge in [0.25, 0.3) is 5.91 Å². The number of amides is 1. The molecule has 0 aliphatic carbocycles. The van der Waals surface area contributed by atoms with E-state index in [1.807, 2.05) is 55.1 Å². The van der Waals surface area contributed by atoms with E-state index in [1.165, 1.54) is 5.56 Å². The first-order valence-corrected chi connectivity index (χ1v) is 9.70. The third-order valence-electron chi connectivity index (χ3n) is 5.06. The number of aromatic nitrogens is 2. The van der Waals surface area contributed by atoms with Crippen LogP contribution in [0.25, 0.3) is 11.5 Å². The van der Waals surface area contributed by atoms with Crippen molar-refractivity contribution in [3.05, 3.63) is 59.9 Å². The van der Waals surface area contributed by atoms with Crippen LogP contribution in [0, 0.1) is 13.8 Å². The van der Waals surface area contributed by atoms with Gasteiger partial charge in [-0.2, -0.15) is 0 Å². The third-order valence-corrected chi connectivity index (χ3v) is 5.06. The summed E-state index contributed by atoms with van der Waals surface area (Å²) in [6.45, 7) is 6.78. The summed E-state index contributed by atoms with van der Waals surface area (Å²) in [7, 11) is 0. The van der Waals surface area contributed by atoms with Gasteiger partial charge in [-0.3, -0.25) is 4.79 Å². The molecule has 1 aliphatic heterocycles. The molecule has 3 aromatic rings. The second kappa shape index (κ2) is 8.34. The summed E-state index contributed by atoms with van der Waals surface area (Å²) in [5.41, 5.74) is 2.92. The topological polar surface area (TPSA) is 71.7 Å². The maximum Gasteiger partial charge on any atom is 0.260 e. The number of carbonyl (C=O) groups excluding carboxylic acids is 1. The van der Waals surface area contributed by atoms with Gasteiger partial charge in [-0.05, 0) is 49.7 Å². The number of nitrogens with zero attached hydrogens (tertiary/aromatic N) is 4. The molecule has 0 spiro atoms. The maximum absolute atomic E-state index is 12.5. The molecule has 7 nitrogen and oxygen atoms in total. The molecule has 0 atom stereocenters. The lowest BCUT2D eigenvalue weighted by atomic mass is 10.1. The highest BCUT2D eigenvalue weighted by molar-refractivity contribution is 5.78. The normalized spacial score (nSPS) is 14.1. The van der Waals surface area contributed by atoms with E-state index in [4.69, 9.17) is 9.15 Å². The zero-order valence-electron chi connectivity index (χ0n) is 16.7. The van der Waals surface area contributed by atoms with Crippen LogP contribution in [0.3, 0.4) is 0 Å². The summed E-state index contributed by atoms with van der Waals surface area (Å²) < 4.78 is 11.1. The quantitative estimate of drug-likeness (QED) is 0.665. The van der Waals surface area contributed by atoms with Gasteiger partial charge in [-0.1, -0.05) is 17.7 Å². The van der Waals surface area contributed by atoms with E-state index < -0.39 is 0 Å². The Hall–Kier alpha value is -3.35. The van der Waals surface area contributed by atoms with Gasteiger partial charge in [0.05, 0.1) is 6.26 Å². The number of hydrogen-bond donors (Lipinski definition) is 0. The molecule has 2 aromatic heterocycles. The van der Waals surface area contributed by atoms with Crippen LogP contribution in [-0.2, 0) is 4.79 Å². The fourth-order valence-electron chi connectivity index (χ4n) is 3.43. The highest BCUT2D eigenvalue weighted by Crippen LogP contribution is 2.21. The smallest absolute Gasteiger partial charge is 0.260 e. The first kappa shape index (κ1) is 19.0. The first-order valence-electron chi connectivity index (χ1n) is 9.70. The molecule has 29 heavy (non-hydrogen) atoms. The van der Waals surface area contributed by atoms with Crippen LogP contribution in [0.15, 0.2) is 53.1 Å². The molecule has 0 bridgehead atoms. The third kappa shape index (κ3) is 4.39. The molecule has 0 saturated carbocycles. The molecule has 4 rings (SSSR count). The van der Waals surface area contributed by atoms with E-state index in [-0.39, 0.29) is 12.5 Å². The van der Waals surface area contributed by atoms with Crippen molar-refractivity contribution in [3.8, 4) is 17.2 Å². The Bertz CT molecular complexity index is 962. The molecule has 1 fully saturated rings. The Kier molecular flexibility index (Phi) is 5.46. The van der Waals surface area contributed by atoms with Crippen molar-refractivity contribution in [3.63, 3.8) is 0 Å². The lowest BCUT2D eigenvalue weighted by molar-refractivity contribution is -0.133. The molecule has 1 aliphatic rings. The minimum absolute atomic E-state index is 0.00359. The molecule has 1 saturated heterocycles. The van der Waals surface area contributed by atoms with Gasteiger partial charge in [-0.25, -0.2) is 0 Å². The van der Waals surface area contributed by atoms with Crippen LogP contribution in [0.1, 0.15) is 11.1 Å². The number of hydrogen-bond acceptors (Lipinski definition) is 6. The summed E-state index contributed by atoms with van der Waals surface area (Å²) >= 11 is 0. The Balaban J connectivity index is 1.29. The van der Waals surface area contributed by atoms with Crippen molar-refractivity contribution in [2.75, 3.05) is 37.7 Å². The van der Waals surface area contributed by atoms with Gasteiger partial charge >= 0.3 is 0 Å². The molecule has 0 radical (unpaired) electrons.